The summed E-state index contributed by atoms with van der Waals surface area (Å²) in [6, 6.07) is 8.11. The number of hydrogen-bond acceptors (Lipinski definition) is 5. The van der Waals surface area contributed by atoms with Gasteiger partial charge in [-0.2, -0.15) is 4.98 Å². The van der Waals surface area contributed by atoms with Crippen LogP contribution >= 0.6 is 0 Å². The first-order chi connectivity index (χ1) is 12.2. The topological polar surface area (TPSA) is 87.0 Å². The van der Waals surface area contributed by atoms with Crippen molar-refractivity contribution in [2.75, 3.05) is 18.1 Å². The van der Waals surface area contributed by atoms with Gasteiger partial charge in [0.1, 0.15) is 11.6 Å². The zero-order valence-corrected chi connectivity index (χ0v) is 15.2. The van der Waals surface area contributed by atoms with Gasteiger partial charge in [-0.15, -0.1) is 0 Å². The molecule has 0 radical (unpaired) electrons. The lowest BCUT2D eigenvalue weighted by molar-refractivity contribution is 0.304. The highest BCUT2D eigenvalue weighted by atomic mass is 16.5. The average Bonchev–Trinajstić information content (AvgIpc) is 2.61. The van der Waals surface area contributed by atoms with Crippen molar-refractivity contribution in [3.63, 3.8) is 0 Å². The van der Waals surface area contributed by atoms with Crippen LogP contribution in [-0.4, -0.2) is 16.6 Å². The number of anilines is 2. The van der Waals surface area contributed by atoms with Crippen molar-refractivity contribution in [2.24, 2.45) is 0 Å². The van der Waals surface area contributed by atoms with E-state index in [4.69, 9.17) is 16.2 Å². The van der Waals surface area contributed by atoms with Crippen molar-refractivity contribution < 1.29 is 4.74 Å². The lowest BCUT2D eigenvalue weighted by atomic mass is 10.1. The lowest BCUT2D eigenvalue weighted by Crippen LogP contribution is -2.04. The number of rotatable bonds is 11. The molecule has 5 heteroatoms. The van der Waals surface area contributed by atoms with E-state index in [-0.39, 0.29) is 5.95 Å². The van der Waals surface area contributed by atoms with Crippen LogP contribution in [-0.2, 0) is 6.42 Å². The van der Waals surface area contributed by atoms with Crippen molar-refractivity contribution >= 4 is 11.8 Å². The summed E-state index contributed by atoms with van der Waals surface area (Å²) in [5.74, 6) is 1.55. The van der Waals surface area contributed by atoms with Crippen molar-refractivity contribution in [1.82, 2.24) is 9.97 Å². The zero-order chi connectivity index (χ0) is 17.9. The van der Waals surface area contributed by atoms with E-state index >= 15 is 0 Å². The van der Waals surface area contributed by atoms with Crippen molar-refractivity contribution in [3.8, 4) is 5.75 Å². The number of nitrogens with zero attached hydrogens (tertiary/aromatic N) is 2. The summed E-state index contributed by atoms with van der Waals surface area (Å²) in [5, 5.41) is 0. The number of nitrogen functional groups attached to an aromatic ring is 2. The molecule has 0 fully saturated rings. The smallest absolute Gasteiger partial charge is 0.221 e. The minimum absolute atomic E-state index is 0.204. The van der Waals surface area contributed by atoms with Gasteiger partial charge < -0.3 is 16.2 Å². The summed E-state index contributed by atoms with van der Waals surface area (Å²) in [6.07, 6.45) is 11.4. The Labute approximate surface area is 150 Å². The Morgan fingerprint density at radius 1 is 0.920 bits per heavy atom. The second-order valence-electron chi connectivity index (χ2n) is 6.43. The van der Waals surface area contributed by atoms with Crippen LogP contribution in [0.3, 0.4) is 0 Å². The zero-order valence-electron chi connectivity index (χ0n) is 15.2. The van der Waals surface area contributed by atoms with E-state index in [0.29, 0.717) is 12.2 Å². The summed E-state index contributed by atoms with van der Waals surface area (Å²) in [5.41, 5.74) is 13.4. The van der Waals surface area contributed by atoms with E-state index in [1.54, 1.807) is 6.20 Å². The SMILES string of the molecule is CCCCCCCCCOc1ccc(Cc2cnc(N)nc2N)cc1. The van der Waals surface area contributed by atoms with Crippen molar-refractivity contribution in [3.05, 3.63) is 41.6 Å². The molecule has 0 aliphatic carbocycles. The Bertz CT molecular complexity index is 628. The molecule has 0 unspecified atom stereocenters. The Morgan fingerprint density at radius 2 is 1.60 bits per heavy atom. The molecule has 2 rings (SSSR count). The molecule has 0 bridgehead atoms. The Morgan fingerprint density at radius 3 is 2.28 bits per heavy atom. The molecular weight excluding hydrogens is 312 g/mol. The van der Waals surface area contributed by atoms with Crippen LogP contribution < -0.4 is 16.2 Å². The van der Waals surface area contributed by atoms with Crippen LogP contribution in [0.25, 0.3) is 0 Å². The van der Waals surface area contributed by atoms with E-state index in [9.17, 15) is 0 Å². The fourth-order valence-electron chi connectivity index (χ4n) is 2.74. The first-order valence-corrected chi connectivity index (χ1v) is 9.27. The molecule has 0 spiro atoms. The summed E-state index contributed by atoms with van der Waals surface area (Å²) in [6.45, 7) is 3.03. The first-order valence-electron chi connectivity index (χ1n) is 9.27. The van der Waals surface area contributed by atoms with Gasteiger partial charge in [0, 0.05) is 18.2 Å². The highest BCUT2D eigenvalue weighted by molar-refractivity contribution is 5.44. The predicted octanol–water partition coefficient (Wildman–Crippen LogP) is 4.36. The quantitative estimate of drug-likeness (QED) is 0.592. The minimum atomic E-state index is 0.204. The summed E-state index contributed by atoms with van der Waals surface area (Å²) >= 11 is 0. The van der Waals surface area contributed by atoms with Gasteiger partial charge in [0.15, 0.2) is 0 Å². The predicted molar refractivity (Wildman–Crippen MR) is 104 cm³/mol. The molecule has 4 N–H and O–H groups in total. The maximum atomic E-state index is 5.88. The second kappa shape index (κ2) is 10.5. The summed E-state index contributed by atoms with van der Waals surface area (Å²) in [4.78, 5) is 7.99. The molecular formula is C20H30N4O. The monoisotopic (exact) mass is 342 g/mol. The fraction of sp³-hybridized carbons (Fsp3) is 0.500. The molecule has 1 heterocycles. The van der Waals surface area contributed by atoms with Crippen LogP contribution in [0.4, 0.5) is 11.8 Å². The maximum absolute atomic E-state index is 5.88. The molecule has 0 saturated heterocycles. The molecule has 1 aromatic heterocycles. The summed E-state index contributed by atoms with van der Waals surface area (Å²) < 4.78 is 5.81. The van der Waals surface area contributed by atoms with Gasteiger partial charge in [0.05, 0.1) is 6.61 Å². The largest absolute Gasteiger partial charge is 0.494 e. The number of aromatic nitrogens is 2. The second-order valence-corrected chi connectivity index (χ2v) is 6.43. The normalized spacial score (nSPS) is 10.8. The number of nitrogens with two attached hydrogens (primary N) is 2. The van der Waals surface area contributed by atoms with Gasteiger partial charge >= 0.3 is 0 Å². The van der Waals surface area contributed by atoms with E-state index in [2.05, 4.69) is 29.0 Å². The van der Waals surface area contributed by atoms with Gasteiger partial charge in [-0.1, -0.05) is 57.6 Å². The van der Waals surface area contributed by atoms with Crippen LogP contribution in [0.5, 0.6) is 5.75 Å². The summed E-state index contributed by atoms with van der Waals surface area (Å²) in [7, 11) is 0. The molecule has 0 amide bonds. The number of ether oxygens (including phenoxy) is 1. The van der Waals surface area contributed by atoms with Crippen LogP contribution in [0.2, 0.25) is 0 Å². The first kappa shape index (κ1) is 19.0. The lowest BCUT2D eigenvalue weighted by Gasteiger charge is -2.08. The van der Waals surface area contributed by atoms with Gasteiger partial charge in [-0.25, -0.2) is 4.98 Å². The standard InChI is InChI=1S/C20H30N4O/c1-2-3-4-5-6-7-8-13-25-18-11-9-16(10-12-18)14-17-15-23-20(22)24-19(17)21/h9-12,15H,2-8,13-14H2,1H3,(H4,21,22,23,24). The van der Waals surface area contributed by atoms with Crippen LogP contribution in [0.1, 0.15) is 63.0 Å². The number of benzene rings is 1. The Kier molecular flexibility index (Phi) is 8.02. The van der Waals surface area contributed by atoms with E-state index in [1.807, 2.05) is 12.1 Å². The molecule has 1 aromatic carbocycles. The Balaban J connectivity index is 1.69. The number of hydrogen-bond donors (Lipinski definition) is 2. The minimum Gasteiger partial charge on any atom is -0.494 e. The fourth-order valence-corrected chi connectivity index (χ4v) is 2.74. The van der Waals surface area contributed by atoms with Gasteiger partial charge in [-0.3, -0.25) is 0 Å². The highest BCUT2D eigenvalue weighted by Gasteiger charge is 2.04. The van der Waals surface area contributed by atoms with E-state index in [0.717, 1.165) is 29.9 Å². The van der Waals surface area contributed by atoms with Crippen molar-refractivity contribution in [1.29, 1.82) is 0 Å². The molecule has 25 heavy (non-hydrogen) atoms. The maximum Gasteiger partial charge on any atom is 0.221 e. The third-order valence-electron chi connectivity index (χ3n) is 4.25. The third kappa shape index (κ3) is 6.99. The van der Waals surface area contributed by atoms with Gasteiger partial charge in [0.2, 0.25) is 5.95 Å². The molecule has 136 valence electrons. The molecule has 0 aliphatic rings. The van der Waals surface area contributed by atoms with Gasteiger partial charge in [0.25, 0.3) is 0 Å². The molecule has 0 saturated carbocycles. The average molecular weight is 342 g/mol. The molecule has 5 nitrogen and oxygen atoms in total. The van der Waals surface area contributed by atoms with Crippen LogP contribution in [0.15, 0.2) is 30.5 Å². The van der Waals surface area contributed by atoms with Crippen LogP contribution in [0, 0.1) is 0 Å². The van der Waals surface area contributed by atoms with E-state index in [1.165, 1.54) is 38.5 Å². The number of unbranched alkanes of at least 4 members (excludes halogenated alkanes) is 6. The highest BCUT2D eigenvalue weighted by Crippen LogP contribution is 2.18. The third-order valence-corrected chi connectivity index (χ3v) is 4.25. The van der Waals surface area contributed by atoms with Crippen molar-refractivity contribution in [2.45, 2.75) is 58.3 Å². The molecule has 0 atom stereocenters. The molecule has 2 aromatic rings. The van der Waals surface area contributed by atoms with Gasteiger partial charge in [-0.05, 0) is 24.1 Å². The molecule has 0 aliphatic heterocycles. The van der Waals surface area contributed by atoms with E-state index < -0.39 is 0 Å². The Hall–Kier alpha value is -2.30.